The standard InChI is InChI=1S/C20H26N2O3S/c1-4-17-10-12-19(13-11-17)22(26(3,24)25)16(2)20(23)21-15-14-18-8-6-5-7-9-18/h5-13,16H,4,14-15H2,1-3H3,(H,21,23)/t16-/m1/s1. The summed E-state index contributed by atoms with van der Waals surface area (Å²) in [6, 6.07) is 16.3. The number of hydrogen-bond acceptors (Lipinski definition) is 3. The summed E-state index contributed by atoms with van der Waals surface area (Å²) in [4.78, 5) is 12.5. The summed E-state index contributed by atoms with van der Waals surface area (Å²) in [6.45, 7) is 4.10. The van der Waals surface area contributed by atoms with Gasteiger partial charge >= 0.3 is 0 Å². The number of aryl methyl sites for hydroxylation is 1. The van der Waals surface area contributed by atoms with Gasteiger partial charge in [0, 0.05) is 6.54 Å². The quantitative estimate of drug-likeness (QED) is 0.773. The highest BCUT2D eigenvalue weighted by Gasteiger charge is 2.28. The number of anilines is 1. The van der Waals surface area contributed by atoms with Gasteiger partial charge in [-0.1, -0.05) is 49.4 Å². The molecule has 0 radical (unpaired) electrons. The zero-order chi connectivity index (χ0) is 19.2. The van der Waals surface area contributed by atoms with E-state index in [1.165, 1.54) is 4.31 Å². The molecule has 6 heteroatoms. The van der Waals surface area contributed by atoms with E-state index in [-0.39, 0.29) is 5.91 Å². The summed E-state index contributed by atoms with van der Waals surface area (Å²) in [5, 5.41) is 2.83. The summed E-state index contributed by atoms with van der Waals surface area (Å²) < 4.78 is 25.7. The number of carbonyl (C=O) groups is 1. The highest BCUT2D eigenvalue weighted by atomic mass is 32.2. The van der Waals surface area contributed by atoms with Crippen molar-refractivity contribution in [3.63, 3.8) is 0 Å². The van der Waals surface area contributed by atoms with Crippen LogP contribution in [0.5, 0.6) is 0 Å². The van der Waals surface area contributed by atoms with Gasteiger partial charge in [-0.3, -0.25) is 9.10 Å². The van der Waals surface area contributed by atoms with Crippen LogP contribution in [0.25, 0.3) is 0 Å². The Hall–Kier alpha value is -2.34. The fraction of sp³-hybridized carbons (Fsp3) is 0.350. The lowest BCUT2D eigenvalue weighted by molar-refractivity contribution is -0.121. The molecule has 0 aliphatic carbocycles. The van der Waals surface area contributed by atoms with E-state index >= 15 is 0 Å². The maximum absolute atomic E-state index is 12.5. The molecule has 1 N–H and O–H groups in total. The summed E-state index contributed by atoms with van der Waals surface area (Å²) in [5.74, 6) is -0.314. The number of nitrogens with zero attached hydrogens (tertiary/aromatic N) is 1. The largest absolute Gasteiger partial charge is 0.354 e. The van der Waals surface area contributed by atoms with Gasteiger partial charge in [0.25, 0.3) is 0 Å². The minimum Gasteiger partial charge on any atom is -0.354 e. The summed E-state index contributed by atoms with van der Waals surface area (Å²) in [6.07, 6.45) is 2.69. The second-order valence-electron chi connectivity index (χ2n) is 6.28. The first-order chi connectivity index (χ1) is 12.3. The van der Waals surface area contributed by atoms with Crippen molar-refractivity contribution in [1.29, 1.82) is 0 Å². The molecule has 0 aliphatic rings. The lowest BCUT2D eigenvalue weighted by Gasteiger charge is -2.28. The average molecular weight is 375 g/mol. The third-order valence-electron chi connectivity index (χ3n) is 4.24. The second kappa shape index (κ2) is 8.85. The number of rotatable bonds is 8. The van der Waals surface area contributed by atoms with E-state index in [0.29, 0.717) is 18.7 Å². The molecule has 0 unspecified atom stereocenters. The van der Waals surface area contributed by atoms with Crippen molar-refractivity contribution in [3.8, 4) is 0 Å². The fourth-order valence-electron chi connectivity index (χ4n) is 2.81. The molecule has 1 atom stereocenters. The lowest BCUT2D eigenvalue weighted by Crippen LogP contribution is -2.48. The Morgan fingerprint density at radius 2 is 1.65 bits per heavy atom. The SMILES string of the molecule is CCc1ccc(N([C@H](C)C(=O)NCCc2ccccc2)S(C)(=O)=O)cc1. The van der Waals surface area contributed by atoms with Gasteiger partial charge in [0.05, 0.1) is 11.9 Å². The molecule has 0 bridgehead atoms. The van der Waals surface area contributed by atoms with Crippen LogP contribution in [0.4, 0.5) is 5.69 Å². The highest BCUT2D eigenvalue weighted by molar-refractivity contribution is 7.92. The Kier molecular flexibility index (Phi) is 6.80. The Balaban J connectivity index is 2.07. The summed E-state index contributed by atoms with van der Waals surface area (Å²) in [7, 11) is -3.59. The Morgan fingerprint density at radius 1 is 1.04 bits per heavy atom. The monoisotopic (exact) mass is 374 g/mol. The summed E-state index contributed by atoms with van der Waals surface area (Å²) in [5.41, 5.74) is 2.73. The molecule has 2 aromatic rings. The maximum Gasteiger partial charge on any atom is 0.243 e. The highest BCUT2D eigenvalue weighted by Crippen LogP contribution is 2.21. The van der Waals surface area contributed by atoms with Gasteiger partial charge in [-0.15, -0.1) is 0 Å². The number of carbonyl (C=O) groups excluding carboxylic acids is 1. The van der Waals surface area contributed by atoms with Crippen LogP contribution in [-0.4, -0.2) is 33.2 Å². The van der Waals surface area contributed by atoms with Crippen molar-refractivity contribution in [2.24, 2.45) is 0 Å². The third-order valence-corrected chi connectivity index (χ3v) is 5.48. The second-order valence-corrected chi connectivity index (χ2v) is 8.14. The minimum atomic E-state index is -3.59. The van der Waals surface area contributed by atoms with Gasteiger partial charge in [0.15, 0.2) is 0 Å². The van der Waals surface area contributed by atoms with Gasteiger partial charge in [-0.05, 0) is 43.0 Å². The van der Waals surface area contributed by atoms with Crippen molar-refractivity contribution in [2.45, 2.75) is 32.7 Å². The molecule has 0 spiro atoms. The molecule has 0 fully saturated rings. The average Bonchev–Trinajstić information content (AvgIpc) is 2.62. The third kappa shape index (κ3) is 5.33. The molecule has 0 saturated heterocycles. The van der Waals surface area contributed by atoms with E-state index in [1.54, 1.807) is 19.1 Å². The lowest BCUT2D eigenvalue weighted by atomic mass is 10.1. The van der Waals surface area contributed by atoms with Crippen molar-refractivity contribution < 1.29 is 13.2 Å². The van der Waals surface area contributed by atoms with Crippen LogP contribution in [-0.2, 0) is 27.7 Å². The predicted octanol–water partition coefficient (Wildman–Crippen LogP) is 2.76. The van der Waals surface area contributed by atoms with Crippen LogP contribution >= 0.6 is 0 Å². The smallest absolute Gasteiger partial charge is 0.243 e. The molecule has 2 aromatic carbocycles. The van der Waals surface area contributed by atoms with Gasteiger partial charge in [-0.2, -0.15) is 0 Å². The molecule has 0 heterocycles. The predicted molar refractivity (Wildman–Crippen MR) is 106 cm³/mol. The minimum absolute atomic E-state index is 0.314. The first-order valence-corrected chi connectivity index (χ1v) is 10.6. The Labute approximate surface area is 156 Å². The zero-order valence-corrected chi connectivity index (χ0v) is 16.3. The van der Waals surface area contributed by atoms with Gasteiger partial charge in [0.2, 0.25) is 15.9 Å². The van der Waals surface area contributed by atoms with Crippen LogP contribution < -0.4 is 9.62 Å². The molecular formula is C20H26N2O3S. The fourth-order valence-corrected chi connectivity index (χ4v) is 3.98. The molecule has 0 aliphatic heterocycles. The number of nitrogens with one attached hydrogen (secondary N) is 1. The Morgan fingerprint density at radius 3 is 2.19 bits per heavy atom. The molecule has 0 saturated carbocycles. The molecule has 1 amide bonds. The van der Waals surface area contributed by atoms with Crippen molar-refractivity contribution in [3.05, 3.63) is 65.7 Å². The molecule has 140 valence electrons. The molecule has 0 aromatic heterocycles. The molecule has 2 rings (SSSR count). The Bertz CT molecular complexity index is 818. The topological polar surface area (TPSA) is 66.5 Å². The van der Waals surface area contributed by atoms with E-state index in [0.717, 1.165) is 23.8 Å². The zero-order valence-electron chi connectivity index (χ0n) is 15.5. The van der Waals surface area contributed by atoms with Crippen molar-refractivity contribution in [2.75, 3.05) is 17.1 Å². The van der Waals surface area contributed by atoms with E-state index < -0.39 is 16.1 Å². The van der Waals surface area contributed by atoms with Crippen LogP contribution in [0.2, 0.25) is 0 Å². The molecular weight excluding hydrogens is 348 g/mol. The van der Waals surface area contributed by atoms with Gasteiger partial charge in [-0.25, -0.2) is 8.42 Å². The van der Waals surface area contributed by atoms with E-state index in [4.69, 9.17) is 0 Å². The van der Waals surface area contributed by atoms with Gasteiger partial charge in [0.1, 0.15) is 6.04 Å². The van der Waals surface area contributed by atoms with Crippen LogP contribution in [0.3, 0.4) is 0 Å². The van der Waals surface area contributed by atoms with E-state index in [2.05, 4.69) is 5.32 Å². The van der Waals surface area contributed by atoms with Gasteiger partial charge < -0.3 is 5.32 Å². The molecule has 5 nitrogen and oxygen atoms in total. The number of amides is 1. The van der Waals surface area contributed by atoms with Crippen LogP contribution in [0.15, 0.2) is 54.6 Å². The molecule has 26 heavy (non-hydrogen) atoms. The normalized spacial score (nSPS) is 12.4. The number of sulfonamides is 1. The van der Waals surface area contributed by atoms with E-state index in [1.807, 2.05) is 49.4 Å². The van der Waals surface area contributed by atoms with Crippen LogP contribution in [0, 0.1) is 0 Å². The number of benzene rings is 2. The van der Waals surface area contributed by atoms with Crippen molar-refractivity contribution >= 4 is 21.6 Å². The van der Waals surface area contributed by atoms with E-state index in [9.17, 15) is 13.2 Å². The number of hydrogen-bond donors (Lipinski definition) is 1. The van der Waals surface area contributed by atoms with Crippen molar-refractivity contribution in [1.82, 2.24) is 5.32 Å². The van der Waals surface area contributed by atoms with Crippen LogP contribution in [0.1, 0.15) is 25.0 Å². The first-order valence-electron chi connectivity index (χ1n) is 8.73. The maximum atomic E-state index is 12.5. The summed E-state index contributed by atoms with van der Waals surface area (Å²) >= 11 is 0. The first kappa shape index (κ1) is 20.0.